The maximum atomic E-state index is 13.4. The van der Waals surface area contributed by atoms with Gasteiger partial charge in [-0.15, -0.1) is 0 Å². The predicted molar refractivity (Wildman–Crippen MR) is 143 cm³/mol. The third-order valence-electron chi connectivity index (χ3n) is 5.42. The van der Waals surface area contributed by atoms with E-state index in [2.05, 4.69) is 28.8 Å². The summed E-state index contributed by atoms with van der Waals surface area (Å²) < 4.78 is 0. The van der Waals surface area contributed by atoms with Crippen molar-refractivity contribution >= 4 is 34.2 Å². The van der Waals surface area contributed by atoms with Crippen LogP contribution >= 0.6 is 11.8 Å². The third-order valence-corrected chi connectivity index (χ3v) is 6.42. The molecule has 4 rings (SSSR count). The Bertz CT molecular complexity index is 1270. The van der Waals surface area contributed by atoms with Gasteiger partial charge in [-0.25, -0.2) is 4.99 Å². The Hall–Kier alpha value is -4.02. The number of hydrogen-bond acceptors (Lipinski definition) is 6. The minimum Gasteiger partial charge on any atom is -0.389 e. The van der Waals surface area contributed by atoms with Crippen molar-refractivity contribution in [2.75, 3.05) is 18.4 Å². The molecule has 1 saturated heterocycles. The lowest BCUT2D eigenvalue weighted by Crippen LogP contribution is -2.28. The van der Waals surface area contributed by atoms with Gasteiger partial charge in [0.1, 0.15) is 0 Å². The fraction of sp³-hybridized carbons (Fsp3) is 0.179. The van der Waals surface area contributed by atoms with E-state index in [0.717, 1.165) is 30.8 Å². The summed E-state index contributed by atoms with van der Waals surface area (Å²) in [6.45, 7) is 3.87. The van der Waals surface area contributed by atoms with Crippen LogP contribution in [0.3, 0.4) is 0 Å². The number of thioether (sulfide) groups is 1. The summed E-state index contributed by atoms with van der Waals surface area (Å²) in [7, 11) is 0. The Kier molecular flexibility index (Phi) is 8.21. The van der Waals surface area contributed by atoms with Crippen LogP contribution in [0.4, 0.5) is 11.4 Å². The van der Waals surface area contributed by atoms with Crippen LogP contribution in [-0.4, -0.2) is 29.1 Å². The maximum absolute atomic E-state index is 13.4. The van der Waals surface area contributed by atoms with Crippen molar-refractivity contribution in [2.24, 2.45) is 4.99 Å². The summed E-state index contributed by atoms with van der Waals surface area (Å²) in [4.78, 5) is 20.5. The molecule has 1 aliphatic rings. The van der Waals surface area contributed by atoms with E-state index in [1.54, 1.807) is 23.2 Å². The van der Waals surface area contributed by atoms with E-state index in [1.807, 2.05) is 61.5 Å². The van der Waals surface area contributed by atoms with E-state index in [-0.39, 0.29) is 5.91 Å². The zero-order valence-corrected chi connectivity index (χ0v) is 20.4. The summed E-state index contributed by atoms with van der Waals surface area (Å²) in [6, 6.07) is 27.6. The SMILES string of the molecule is CCNc1ccc(C#N)cc1/N=C1/S/C(=C/NCCc2ccccc2)C(=O)N1Cc1ccccc1. The molecule has 0 spiro atoms. The molecule has 0 aromatic heterocycles. The molecule has 0 aliphatic carbocycles. The first kappa shape index (κ1) is 24.1. The van der Waals surface area contributed by atoms with Gasteiger partial charge in [-0.1, -0.05) is 60.7 Å². The fourth-order valence-corrected chi connectivity index (χ4v) is 4.60. The molecule has 0 atom stereocenters. The zero-order valence-electron chi connectivity index (χ0n) is 19.6. The lowest BCUT2D eigenvalue weighted by molar-refractivity contribution is -0.122. The number of rotatable bonds is 9. The highest BCUT2D eigenvalue weighted by molar-refractivity contribution is 8.18. The number of hydrogen-bond donors (Lipinski definition) is 2. The highest BCUT2D eigenvalue weighted by Crippen LogP contribution is 2.35. The Morgan fingerprint density at radius 1 is 1.03 bits per heavy atom. The van der Waals surface area contributed by atoms with E-state index in [4.69, 9.17) is 4.99 Å². The van der Waals surface area contributed by atoms with Gasteiger partial charge >= 0.3 is 0 Å². The number of amides is 1. The summed E-state index contributed by atoms with van der Waals surface area (Å²) >= 11 is 1.34. The normalized spacial score (nSPS) is 15.4. The molecule has 0 radical (unpaired) electrons. The van der Waals surface area contributed by atoms with Crippen LogP contribution in [0.2, 0.25) is 0 Å². The molecule has 3 aromatic rings. The number of amidine groups is 1. The molecule has 0 bridgehead atoms. The van der Waals surface area contributed by atoms with Crippen molar-refractivity contribution in [2.45, 2.75) is 19.9 Å². The largest absolute Gasteiger partial charge is 0.389 e. The standard InChI is InChI=1S/C28H27N5OS/c1-2-31-24-14-13-23(18-29)17-25(24)32-28-33(20-22-11-7-4-8-12-22)27(34)26(35-28)19-30-16-15-21-9-5-3-6-10-21/h3-14,17,19,30-31H,2,15-16,20H2,1H3/b26-19+,32-28+. The lowest BCUT2D eigenvalue weighted by Gasteiger charge is -2.16. The zero-order chi connectivity index (χ0) is 24.5. The second kappa shape index (κ2) is 11.9. The first-order valence-electron chi connectivity index (χ1n) is 11.6. The van der Waals surface area contributed by atoms with Crippen molar-refractivity contribution < 1.29 is 4.79 Å². The number of benzene rings is 3. The molecule has 35 heavy (non-hydrogen) atoms. The maximum Gasteiger partial charge on any atom is 0.268 e. The number of aliphatic imine (C=N–C) groups is 1. The van der Waals surface area contributed by atoms with Crippen molar-refractivity contribution in [1.29, 1.82) is 5.26 Å². The topological polar surface area (TPSA) is 80.5 Å². The number of nitrogens with one attached hydrogen (secondary N) is 2. The van der Waals surface area contributed by atoms with Crippen LogP contribution < -0.4 is 10.6 Å². The van der Waals surface area contributed by atoms with Crippen LogP contribution in [-0.2, 0) is 17.8 Å². The quantitative estimate of drug-likeness (QED) is 0.315. The molecule has 1 amide bonds. The molecule has 1 aliphatic heterocycles. The van der Waals surface area contributed by atoms with Crippen LogP contribution in [0.5, 0.6) is 0 Å². The summed E-state index contributed by atoms with van der Waals surface area (Å²) in [5.41, 5.74) is 4.24. The molecule has 176 valence electrons. The average molecular weight is 482 g/mol. The third kappa shape index (κ3) is 6.31. The van der Waals surface area contributed by atoms with E-state index >= 15 is 0 Å². The van der Waals surface area contributed by atoms with Gasteiger partial charge in [-0.3, -0.25) is 9.69 Å². The van der Waals surface area contributed by atoms with E-state index in [0.29, 0.717) is 27.9 Å². The number of carbonyl (C=O) groups is 1. The highest BCUT2D eigenvalue weighted by atomic mass is 32.2. The molecule has 6 nitrogen and oxygen atoms in total. The number of nitriles is 1. The molecule has 0 unspecified atom stereocenters. The first-order valence-corrected chi connectivity index (χ1v) is 12.4. The van der Waals surface area contributed by atoms with Gasteiger partial charge in [0.2, 0.25) is 0 Å². The molecule has 1 fully saturated rings. The first-order chi connectivity index (χ1) is 17.2. The van der Waals surface area contributed by atoms with E-state index in [9.17, 15) is 10.1 Å². The van der Waals surface area contributed by atoms with Crippen LogP contribution in [0, 0.1) is 11.3 Å². The van der Waals surface area contributed by atoms with Crippen LogP contribution in [0.15, 0.2) is 95.0 Å². The van der Waals surface area contributed by atoms with Crippen LogP contribution in [0.25, 0.3) is 0 Å². The minimum absolute atomic E-state index is 0.0914. The second-order valence-corrected chi connectivity index (χ2v) is 8.95. The second-order valence-electron chi connectivity index (χ2n) is 7.95. The van der Waals surface area contributed by atoms with Gasteiger partial charge in [0.15, 0.2) is 5.17 Å². The van der Waals surface area contributed by atoms with Gasteiger partial charge in [0.05, 0.1) is 34.5 Å². The monoisotopic (exact) mass is 481 g/mol. The molecule has 1 heterocycles. The Balaban J connectivity index is 1.59. The lowest BCUT2D eigenvalue weighted by atomic mass is 10.1. The molecular weight excluding hydrogens is 454 g/mol. The summed E-state index contributed by atoms with van der Waals surface area (Å²) in [5.74, 6) is -0.0914. The fourth-order valence-electron chi connectivity index (χ4n) is 3.66. The van der Waals surface area contributed by atoms with Gasteiger partial charge in [0, 0.05) is 19.3 Å². The molecule has 0 saturated carbocycles. The molecule has 7 heteroatoms. The van der Waals surface area contributed by atoms with Gasteiger partial charge < -0.3 is 10.6 Å². The molecular formula is C28H27N5OS. The smallest absolute Gasteiger partial charge is 0.268 e. The molecule has 3 aromatic carbocycles. The Morgan fingerprint density at radius 2 is 1.74 bits per heavy atom. The highest BCUT2D eigenvalue weighted by Gasteiger charge is 2.33. The number of anilines is 1. The van der Waals surface area contributed by atoms with Crippen molar-refractivity contribution in [1.82, 2.24) is 10.2 Å². The Morgan fingerprint density at radius 3 is 2.43 bits per heavy atom. The summed E-state index contributed by atoms with van der Waals surface area (Å²) in [5, 5.41) is 16.5. The van der Waals surface area contributed by atoms with Crippen molar-refractivity contribution in [3.63, 3.8) is 0 Å². The molecule has 2 N–H and O–H groups in total. The van der Waals surface area contributed by atoms with Crippen molar-refractivity contribution in [3.8, 4) is 6.07 Å². The number of nitrogens with zero attached hydrogens (tertiary/aromatic N) is 3. The van der Waals surface area contributed by atoms with E-state index < -0.39 is 0 Å². The predicted octanol–water partition coefficient (Wildman–Crippen LogP) is 5.43. The average Bonchev–Trinajstić information content (AvgIpc) is 3.18. The number of carbonyl (C=O) groups excluding carboxylic acids is 1. The summed E-state index contributed by atoms with van der Waals surface area (Å²) in [6.07, 6.45) is 2.65. The van der Waals surface area contributed by atoms with E-state index in [1.165, 1.54) is 17.3 Å². The Labute approximate surface area is 210 Å². The van der Waals surface area contributed by atoms with Crippen LogP contribution in [0.1, 0.15) is 23.6 Å². The van der Waals surface area contributed by atoms with Gasteiger partial charge in [0.25, 0.3) is 5.91 Å². The van der Waals surface area contributed by atoms with Gasteiger partial charge in [-0.2, -0.15) is 5.26 Å². The minimum atomic E-state index is -0.0914. The van der Waals surface area contributed by atoms with Gasteiger partial charge in [-0.05, 0) is 54.4 Å². The van der Waals surface area contributed by atoms with Crippen molar-refractivity contribution in [3.05, 3.63) is 107 Å².